The Morgan fingerprint density at radius 3 is 2.81 bits per heavy atom. The summed E-state index contributed by atoms with van der Waals surface area (Å²) < 4.78 is 19.9. The summed E-state index contributed by atoms with van der Waals surface area (Å²) in [5.74, 6) is -0.229. The Kier molecular flexibility index (Phi) is 6.29. The Hall–Kier alpha value is -1.90. The van der Waals surface area contributed by atoms with Crippen LogP contribution in [0.15, 0.2) is 46.0 Å². The van der Waals surface area contributed by atoms with Gasteiger partial charge in [-0.1, -0.05) is 35.5 Å². The molecule has 0 atom stereocenters. The van der Waals surface area contributed by atoms with Crippen molar-refractivity contribution < 1.29 is 13.6 Å². The minimum atomic E-state index is -0.435. The highest BCUT2D eigenvalue weighted by atomic mass is 35.5. The molecule has 0 N–H and O–H groups in total. The molecule has 0 saturated carbocycles. The Morgan fingerprint density at radius 2 is 2.12 bits per heavy atom. The van der Waals surface area contributed by atoms with Gasteiger partial charge >= 0.3 is 0 Å². The molecule has 0 aliphatic carbocycles. The lowest BCUT2D eigenvalue weighted by molar-refractivity contribution is -0.128. The van der Waals surface area contributed by atoms with Crippen LogP contribution in [-0.4, -0.2) is 33.3 Å². The van der Waals surface area contributed by atoms with Crippen molar-refractivity contribution in [2.75, 3.05) is 12.3 Å². The van der Waals surface area contributed by atoms with E-state index >= 15 is 0 Å². The highest BCUT2D eigenvalue weighted by Crippen LogP contribution is 2.26. The van der Waals surface area contributed by atoms with Gasteiger partial charge in [-0.15, -0.1) is 21.5 Å². The number of thioether (sulfide) groups is 1. The summed E-state index contributed by atoms with van der Waals surface area (Å²) in [6.07, 6.45) is 0. The van der Waals surface area contributed by atoms with Gasteiger partial charge in [0.05, 0.1) is 22.2 Å². The molecule has 0 unspecified atom stereocenters. The van der Waals surface area contributed by atoms with Gasteiger partial charge in [0.1, 0.15) is 5.82 Å². The third-order valence-corrected chi connectivity index (χ3v) is 5.56. The SMILES string of the molecule is CCN(Cc1ccc(Cl)s1)C(=O)CSc1nnc(-c2ccccc2F)o1. The summed E-state index contributed by atoms with van der Waals surface area (Å²) >= 11 is 8.52. The van der Waals surface area contributed by atoms with Crippen molar-refractivity contribution in [1.82, 2.24) is 15.1 Å². The molecule has 0 saturated heterocycles. The molecule has 1 amide bonds. The molecule has 136 valence electrons. The van der Waals surface area contributed by atoms with E-state index < -0.39 is 5.82 Å². The molecule has 3 rings (SSSR count). The van der Waals surface area contributed by atoms with Gasteiger partial charge in [0, 0.05) is 11.4 Å². The smallest absolute Gasteiger partial charge is 0.277 e. The molecule has 2 heterocycles. The number of thiophene rings is 1. The second-order valence-electron chi connectivity index (χ2n) is 5.26. The van der Waals surface area contributed by atoms with Crippen molar-refractivity contribution in [2.45, 2.75) is 18.7 Å². The maximum absolute atomic E-state index is 13.8. The number of nitrogens with zero attached hydrogens (tertiary/aromatic N) is 3. The van der Waals surface area contributed by atoms with Crippen LogP contribution in [-0.2, 0) is 11.3 Å². The van der Waals surface area contributed by atoms with Crippen LogP contribution in [0.5, 0.6) is 0 Å². The lowest BCUT2D eigenvalue weighted by atomic mass is 10.2. The summed E-state index contributed by atoms with van der Waals surface area (Å²) in [6.45, 7) is 3.01. The average molecular weight is 412 g/mol. The monoisotopic (exact) mass is 411 g/mol. The Labute approximate surface area is 163 Å². The largest absolute Gasteiger partial charge is 0.411 e. The van der Waals surface area contributed by atoms with E-state index in [4.69, 9.17) is 16.0 Å². The van der Waals surface area contributed by atoms with Crippen molar-refractivity contribution in [3.63, 3.8) is 0 Å². The zero-order valence-electron chi connectivity index (χ0n) is 13.8. The highest BCUT2D eigenvalue weighted by Gasteiger charge is 2.17. The van der Waals surface area contributed by atoms with E-state index in [2.05, 4.69) is 10.2 Å². The molecule has 2 aromatic heterocycles. The van der Waals surface area contributed by atoms with E-state index in [1.807, 2.05) is 19.1 Å². The second kappa shape index (κ2) is 8.66. The number of aromatic nitrogens is 2. The average Bonchev–Trinajstić information content (AvgIpc) is 3.27. The first-order chi connectivity index (χ1) is 12.6. The van der Waals surface area contributed by atoms with Crippen molar-refractivity contribution in [3.05, 3.63) is 51.4 Å². The summed E-state index contributed by atoms with van der Waals surface area (Å²) in [7, 11) is 0. The number of carbonyl (C=O) groups is 1. The summed E-state index contributed by atoms with van der Waals surface area (Å²) in [5.41, 5.74) is 0.239. The van der Waals surface area contributed by atoms with Crippen molar-refractivity contribution in [1.29, 1.82) is 0 Å². The Bertz CT molecular complexity index is 900. The van der Waals surface area contributed by atoms with Gasteiger partial charge in [0.2, 0.25) is 5.91 Å². The van der Waals surface area contributed by atoms with Crippen LogP contribution in [0.1, 0.15) is 11.8 Å². The van der Waals surface area contributed by atoms with Crippen molar-refractivity contribution in [2.24, 2.45) is 0 Å². The number of carbonyl (C=O) groups excluding carboxylic acids is 1. The van der Waals surface area contributed by atoms with Gasteiger partial charge < -0.3 is 9.32 Å². The van der Waals surface area contributed by atoms with Crippen molar-refractivity contribution >= 4 is 40.6 Å². The van der Waals surface area contributed by atoms with E-state index in [1.165, 1.54) is 17.4 Å². The second-order valence-corrected chi connectivity index (χ2v) is 7.98. The number of benzene rings is 1. The first-order valence-electron chi connectivity index (χ1n) is 7.80. The summed E-state index contributed by atoms with van der Waals surface area (Å²) in [5, 5.41) is 7.95. The molecule has 0 aliphatic rings. The zero-order chi connectivity index (χ0) is 18.5. The molecule has 1 aromatic carbocycles. The predicted octanol–water partition coefficient (Wildman–Crippen LogP) is 4.73. The van der Waals surface area contributed by atoms with E-state index in [0.29, 0.717) is 17.4 Å². The van der Waals surface area contributed by atoms with Crippen LogP contribution in [0.3, 0.4) is 0 Å². The van der Waals surface area contributed by atoms with Gasteiger partial charge in [0.25, 0.3) is 11.1 Å². The maximum Gasteiger partial charge on any atom is 0.277 e. The van der Waals surface area contributed by atoms with E-state index in [0.717, 1.165) is 16.6 Å². The molecule has 3 aromatic rings. The molecular formula is C17H15ClFN3O2S2. The van der Waals surface area contributed by atoms with Gasteiger partial charge in [-0.05, 0) is 31.2 Å². The lowest BCUT2D eigenvalue weighted by Crippen LogP contribution is -2.31. The molecular weight excluding hydrogens is 397 g/mol. The van der Waals surface area contributed by atoms with Crippen LogP contribution < -0.4 is 0 Å². The van der Waals surface area contributed by atoms with Crippen LogP contribution in [0, 0.1) is 5.82 Å². The fourth-order valence-corrected chi connectivity index (χ4v) is 4.00. The predicted molar refractivity (Wildman–Crippen MR) is 101 cm³/mol. The standard InChI is InChI=1S/C17H15ClFN3O2S2/c1-2-22(9-11-7-8-14(18)26-11)15(23)10-25-17-21-20-16(24-17)12-5-3-4-6-13(12)19/h3-8H,2,9-10H2,1H3. The van der Waals surface area contributed by atoms with Crippen LogP contribution in [0.25, 0.3) is 11.5 Å². The Morgan fingerprint density at radius 1 is 1.31 bits per heavy atom. The number of halogens is 2. The quantitative estimate of drug-likeness (QED) is 0.526. The maximum atomic E-state index is 13.8. The summed E-state index contributed by atoms with van der Waals surface area (Å²) in [4.78, 5) is 15.2. The van der Waals surface area contributed by atoms with Crippen LogP contribution in [0.2, 0.25) is 4.34 Å². The number of hydrogen-bond acceptors (Lipinski definition) is 6. The first kappa shape index (κ1) is 18.9. The molecule has 0 fully saturated rings. The topological polar surface area (TPSA) is 59.2 Å². The Balaban J connectivity index is 1.59. The zero-order valence-corrected chi connectivity index (χ0v) is 16.2. The fourth-order valence-electron chi connectivity index (χ4n) is 2.23. The minimum absolute atomic E-state index is 0.0485. The normalized spacial score (nSPS) is 10.9. The van der Waals surface area contributed by atoms with Gasteiger partial charge in [-0.25, -0.2) is 4.39 Å². The van der Waals surface area contributed by atoms with Crippen LogP contribution in [0.4, 0.5) is 4.39 Å². The fraction of sp³-hybridized carbons (Fsp3) is 0.235. The lowest BCUT2D eigenvalue weighted by Gasteiger charge is -2.19. The molecule has 9 heteroatoms. The number of amides is 1. The van der Waals surface area contributed by atoms with E-state index in [-0.39, 0.29) is 28.3 Å². The van der Waals surface area contributed by atoms with Crippen LogP contribution >= 0.6 is 34.7 Å². The third-order valence-electron chi connectivity index (χ3n) is 3.54. The van der Waals surface area contributed by atoms with Gasteiger partial charge in [-0.2, -0.15) is 0 Å². The molecule has 0 aliphatic heterocycles. The number of hydrogen-bond donors (Lipinski definition) is 0. The molecule has 0 spiro atoms. The van der Waals surface area contributed by atoms with E-state index in [1.54, 1.807) is 23.1 Å². The highest BCUT2D eigenvalue weighted by molar-refractivity contribution is 7.99. The minimum Gasteiger partial charge on any atom is -0.411 e. The van der Waals surface area contributed by atoms with E-state index in [9.17, 15) is 9.18 Å². The molecule has 0 bridgehead atoms. The van der Waals surface area contributed by atoms with Gasteiger partial charge in [0.15, 0.2) is 0 Å². The molecule has 0 radical (unpaired) electrons. The molecule has 26 heavy (non-hydrogen) atoms. The summed E-state index contributed by atoms with van der Waals surface area (Å²) in [6, 6.07) is 9.89. The first-order valence-corrected chi connectivity index (χ1v) is 9.98. The van der Waals surface area contributed by atoms with Crippen molar-refractivity contribution in [3.8, 4) is 11.5 Å². The van der Waals surface area contributed by atoms with Gasteiger partial charge in [-0.3, -0.25) is 4.79 Å². The number of rotatable bonds is 7. The molecule has 5 nitrogen and oxygen atoms in total. The third kappa shape index (κ3) is 4.63.